The summed E-state index contributed by atoms with van der Waals surface area (Å²) in [4.78, 5) is 16.1. The maximum absolute atomic E-state index is 12.1. The van der Waals surface area contributed by atoms with Gasteiger partial charge in [0.05, 0.1) is 5.69 Å². The molecule has 2 aromatic rings. The quantitative estimate of drug-likeness (QED) is 0.724. The minimum Gasteiger partial charge on any atom is -0.481 e. The number of para-hydroxylation sites is 2. The minimum atomic E-state index is -0.0114. The molecule has 88 valence electrons. The van der Waals surface area contributed by atoms with Crippen molar-refractivity contribution in [2.45, 2.75) is 9.79 Å². The van der Waals surface area contributed by atoms with Crippen LogP contribution in [0.4, 0.5) is 11.4 Å². The number of carbonyl (C=O) groups excluding carboxylic acids is 1. The van der Waals surface area contributed by atoms with E-state index in [0.29, 0.717) is 0 Å². The average Bonchev–Trinajstić information content (AvgIpc) is 2.41. The lowest BCUT2D eigenvalue weighted by atomic mass is 10.2. The predicted octanol–water partition coefficient (Wildman–Crippen LogP) is 3.21. The summed E-state index contributed by atoms with van der Waals surface area (Å²) >= 11 is 1.68. The molecule has 0 atom stereocenters. The van der Waals surface area contributed by atoms with E-state index in [1.165, 1.54) is 0 Å². The van der Waals surface area contributed by atoms with Crippen LogP contribution in [0.2, 0.25) is 0 Å². The Morgan fingerprint density at radius 2 is 1.89 bits per heavy atom. The van der Waals surface area contributed by atoms with Gasteiger partial charge in [0.1, 0.15) is 11.4 Å². The van der Waals surface area contributed by atoms with E-state index in [9.17, 15) is 4.79 Å². The Kier molecular flexibility index (Phi) is 1.96. The number of hydrogen-bond donors (Lipinski definition) is 0. The molecular formula is C14H9NO2S. The fraction of sp³-hybridized carbons (Fsp3) is 0.0714. The molecule has 0 bridgehead atoms. The van der Waals surface area contributed by atoms with E-state index in [1.807, 2.05) is 42.5 Å². The maximum Gasteiger partial charge on any atom is 0.269 e. The van der Waals surface area contributed by atoms with Crippen LogP contribution >= 0.6 is 11.8 Å². The number of nitrogens with zero attached hydrogens (tertiary/aromatic N) is 1. The van der Waals surface area contributed by atoms with Crippen molar-refractivity contribution in [3.63, 3.8) is 0 Å². The zero-order valence-electron chi connectivity index (χ0n) is 9.42. The SMILES string of the molecule is O=C1COc2cccc3c2N1c1ccccc1S3. The van der Waals surface area contributed by atoms with Crippen LogP contribution in [0.3, 0.4) is 0 Å². The Morgan fingerprint density at radius 1 is 1.06 bits per heavy atom. The second-order valence-electron chi connectivity index (χ2n) is 4.19. The molecule has 4 rings (SSSR count). The highest BCUT2D eigenvalue weighted by atomic mass is 32.2. The van der Waals surface area contributed by atoms with Crippen LogP contribution in [0.25, 0.3) is 0 Å². The van der Waals surface area contributed by atoms with Crippen molar-refractivity contribution in [1.29, 1.82) is 0 Å². The number of anilines is 2. The number of hydrogen-bond acceptors (Lipinski definition) is 3. The summed E-state index contributed by atoms with van der Waals surface area (Å²) in [5.41, 5.74) is 1.84. The molecule has 0 radical (unpaired) electrons. The van der Waals surface area contributed by atoms with Crippen LogP contribution in [-0.2, 0) is 4.79 Å². The van der Waals surface area contributed by atoms with Gasteiger partial charge in [-0.2, -0.15) is 0 Å². The molecule has 0 unspecified atom stereocenters. The Morgan fingerprint density at radius 3 is 2.83 bits per heavy atom. The molecule has 1 amide bonds. The molecule has 0 N–H and O–H groups in total. The fourth-order valence-corrected chi connectivity index (χ4v) is 3.43. The minimum absolute atomic E-state index is 0.0114. The van der Waals surface area contributed by atoms with Gasteiger partial charge in [-0.3, -0.25) is 9.69 Å². The van der Waals surface area contributed by atoms with Crippen molar-refractivity contribution in [3.8, 4) is 5.75 Å². The first-order valence-corrected chi connectivity index (χ1v) is 6.52. The van der Waals surface area contributed by atoms with Crippen LogP contribution in [0.5, 0.6) is 5.75 Å². The lowest BCUT2D eigenvalue weighted by Gasteiger charge is -2.35. The van der Waals surface area contributed by atoms with Gasteiger partial charge in [-0.25, -0.2) is 0 Å². The van der Waals surface area contributed by atoms with Gasteiger partial charge >= 0.3 is 0 Å². The summed E-state index contributed by atoms with van der Waals surface area (Å²) in [7, 11) is 0. The van der Waals surface area contributed by atoms with Crippen molar-refractivity contribution in [2.75, 3.05) is 11.5 Å². The number of fused-ring (bicyclic) bond motifs is 2. The van der Waals surface area contributed by atoms with Gasteiger partial charge < -0.3 is 4.74 Å². The van der Waals surface area contributed by atoms with Crippen LogP contribution in [0.1, 0.15) is 0 Å². The van der Waals surface area contributed by atoms with E-state index in [0.717, 1.165) is 26.9 Å². The Balaban J connectivity index is 2.03. The normalized spacial score (nSPS) is 15.8. The molecule has 0 aliphatic carbocycles. The lowest BCUT2D eigenvalue weighted by Crippen LogP contribution is -2.36. The van der Waals surface area contributed by atoms with E-state index in [4.69, 9.17) is 4.74 Å². The van der Waals surface area contributed by atoms with Gasteiger partial charge in [0.15, 0.2) is 6.61 Å². The van der Waals surface area contributed by atoms with Crippen molar-refractivity contribution in [2.24, 2.45) is 0 Å². The molecule has 0 saturated heterocycles. The molecule has 2 aliphatic heterocycles. The van der Waals surface area contributed by atoms with E-state index in [1.54, 1.807) is 16.7 Å². The number of amides is 1. The van der Waals surface area contributed by atoms with Gasteiger partial charge in [-0.15, -0.1) is 0 Å². The fourth-order valence-electron chi connectivity index (χ4n) is 2.35. The van der Waals surface area contributed by atoms with Crippen LogP contribution in [-0.4, -0.2) is 12.5 Å². The Labute approximate surface area is 108 Å². The summed E-state index contributed by atoms with van der Waals surface area (Å²) in [6.07, 6.45) is 0. The smallest absolute Gasteiger partial charge is 0.269 e. The molecule has 0 spiro atoms. The first-order chi connectivity index (χ1) is 8.84. The molecule has 0 saturated carbocycles. The van der Waals surface area contributed by atoms with Crippen molar-refractivity contribution < 1.29 is 9.53 Å². The third kappa shape index (κ3) is 1.24. The molecule has 18 heavy (non-hydrogen) atoms. The summed E-state index contributed by atoms with van der Waals surface area (Å²) in [6, 6.07) is 13.9. The molecular weight excluding hydrogens is 246 g/mol. The highest BCUT2D eigenvalue weighted by molar-refractivity contribution is 7.99. The summed E-state index contributed by atoms with van der Waals surface area (Å²) in [5.74, 6) is 0.775. The molecule has 2 heterocycles. The van der Waals surface area contributed by atoms with Crippen molar-refractivity contribution in [3.05, 3.63) is 42.5 Å². The van der Waals surface area contributed by atoms with Gasteiger partial charge in [0.25, 0.3) is 5.91 Å². The first-order valence-electron chi connectivity index (χ1n) is 5.70. The largest absolute Gasteiger partial charge is 0.481 e. The van der Waals surface area contributed by atoms with Gasteiger partial charge in [0, 0.05) is 9.79 Å². The monoisotopic (exact) mass is 255 g/mol. The molecule has 0 fully saturated rings. The molecule has 2 aromatic carbocycles. The van der Waals surface area contributed by atoms with Crippen LogP contribution in [0, 0.1) is 0 Å². The highest BCUT2D eigenvalue weighted by Crippen LogP contribution is 2.52. The summed E-state index contributed by atoms with van der Waals surface area (Å²) < 4.78 is 5.49. The zero-order valence-corrected chi connectivity index (χ0v) is 10.2. The number of rotatable bonds is 0. The van der Waals surface area contributed by atoms with Gasteiger partial charge in [0.2, 0.25) is 0 Å². The highest BCUT2D eigenvalue weighted by Gasteiger charge is 2.34. The second kappa shape index (κ2) is 3.53. The number of carbonyl (C=O) groups is 1. The van der Waals surface area contributed by atoms with Gasteiger partial charge in [-0.1, -0.05) is 30.0 Å². The average molecular weight is 255 g/mol. The second-order valence-corrected chi connectivity index (χ2v) is 5.27. The zero-order chi connectivity index (χ0) is 12.1. The van der Waals surface area contributed by atoms with Crippen molar-refractivity contribution in [1.82, 2.24) is 0 Å². The lowest BCUT2D eigenvalue weighted by molar-refractivity contribution is -0.120. The van der Waals surface area contributed by atoms with Gasteiger partial charge in [-0.05, 0) is 24.3 Å². The van der Waals surface area contributed by atoms with E-state index >= 15 is 0 Å². The van der Waals surface area contributed by atoms with E-state index < -0.39 is 0 Å². The third-order valence-electron chi connectivity index (χ3n) is 3.11. The van der Waals surface area contributed by atoms with E-state index in [-0.39, 0.29) is 12.5 Å². The molecule has 0 aromatic heterocycles. The maximum atomic E-state index is 12.1. The topological polar surface area (TPSA) is 29.5 Å². The van der Waals surface area contributed by atoms with Crippen LogP contribution in [0.15, 0.2) is 52.3 Å². The van der Waals surface area contributed by atoms with E-state index in [2.05, 4.69) is 0 Å². The predicted molar refractivity (Wildman–Crippen MR) is 69.6 cm³/mol. The Bertz CT molecular complexity index is 669. The summed E-state index contributed by atoms with van der Waals surface area (Å²) in [5, 5.41) is 0. The Hall–Kier alpha value is -1.94. The number of ether oxygens (including phenoxy) is 1. The third-order valence-corrected chi connectivity index (χ3v) is 4.23. The van der Waals surface area contributed by atoms with Crippen molar-refractivity contribution >= 4 is 29.0 Å². The summed E-state index contributed by atoms with van der Waals surface area (Å²) in [6.45, 7) is 0.107. The van der Waals surface area contributed by atoms with Crippen LogP contribution < -0.4 is 9.64 Å². The standard InChI is InChI=1S/C14H9NO2S/c16-13-8-17-10-5-3-7-12-14(10)15(13)9-4-1-2-6-11(9)18-12/h1-7H,8H2. The number of benzene rings is 2. The molecule has 2 aliphatic rings. The molecule has 3 nitrogen and oxygen atoms in total. The molecule has 4 heteroatoms. The first kappa shape index (κ1) is 10.0.